The maximum absolute atomic E-state index is 6.16. The number of hydrogen-bond donors (Lipinski definition) is 2. The second-order valence-electron chi connectivity index (χ2n) is 4.96. The summed E-state index contributed by atoms with van der Waals surface area (Å²) in [6.45, 7) is 1.91. The third-order valence-corrected chi connectivity index (χ3v) is 3.64. The van der Waals surface area contributed by atoms with Gasteiger partial charge >= 0.3 is 0 Å². The van der Waals surface area contributed by atoms with E-state index in [9.17, 15) is 0 Å². The molecular weight excluding hydrogens is 331 g/mol. The highest BCUT2D eigenvalue weighted by Gasteiger charge is 2.06. The third kappa shape index (κ3) is 4.12. The van der Waals surface area contributed by atoms with E-state index in [4.69, 9.17) is 23.2 Å². The molecule has 1 heterocycles. The van der Waals surface area contributed by atoms with Crippen molar-refractivity contribution in [3.63, 3.8) is 0 Å². The molecule has 6 heteroatoms. The largest absolute Gasteiger partial charge is 0.340 e. The van der Waals surface area contributed by atoms with Gasteiger partial charge in [0, 0.05) is 22.5 Å². The van der Waals surface area contributed by atoms with E-state index in [0.29, 0.717) is 27.5 Å². The molecule has 0 amide bonds. The molecule has 2 aromatic carbocycles. The van der Waals surface area contributed by atoms with Gasteiger partial charge < -0.3 is 10.6 Å². The van der Waals surface area contributed by atoms with E-state index < -0.39 is 0 Å². The van der Waals surface area contributed by atoms with Crippen LogP contribution in [0.3, 0.4) is 0 Å². The number of nitrogens with zero attached hydrogens (tertiary/aromatic N) is 2. The predicted molar refractivity (Wildman–Crippen MR) is 96.2 cm³/mol. The number of nitrogens with one attached hydrogen (secondary N) is 2. The van der Waals surface area contributed by atoms with E-state index in [2.05, 4.69) is 20.6 Å². The first-order valence-electron chi connectivity index (χ1n) is 7.00. The number of aromatic nitrogens is 2. The summed E-state index contributed by atoms with van der Waals surface area (Å²) < 4.78 is 0. The molecule has 0 fully saturated rings. The van der Waals surface area contributed by atoms with Gasteiger partial charge in [0.05, 0.1) is 10.7 Å². The van der Waals surface area contributed by atoms with Crippen molar-refractivity contribution in [1.29, 1.82) is 0 Å². The minimum Gasteiger partial charge on any atom is -0.340 e. The Morgan fingerprint density at radius 2 is 1.65 bits per heavy atom. The highest BCUT2D eigenvalue weighted by atomic mass is 35.5. The number of anilines is 4. The first kappa shape index (κ1) is 15.6. The molecule has 0 spiro atoms. The molecule has 3 aromatic rings. The molecule has 0 aliphatic rings. The number of para-hydroxylation sites is 1. The topological polar surface area (TPSA) is 49.8 Å². The molecule has 4 nitrogen and oxygen atoms in total. The fourth-order valence-electron chi connectivity index (χ4n) is 2.07. The lowest BCUT2D eigenvalue weighted by molar-refractivity contribution is 1.11. The summed E-state index contributed by atoms with van der Waals surface area (Å²) in [6, 6.07) is 16.9. The fraction of sp³-hybridized carbons (Fsp3) is 0.0588. The Morgan fingerprint density at radius 3 is 2.43 bits per heavy atom. The van der Waals surface area contributed by atoms with Crippen LogP contribution in [0.15, 0.2) is 54.6 Å². The van der Waals surface area contributed by atoms with Gasteiger partial charge in [-0.05, 0) is 37.3 Å². The van der Waals surface area contributed by atoms with Crippen LogP contribution >= 0.6 is 23.2 Å². The van der Waals surface area contributed by atoms with Gasteiger partial charge in [-0.25, -0.2) is 4.98 Å². The van der Waals surface area contributed by atoms with Gasteiger partial charge in [0.25, 0.3) is 0 Å². The number of halogens is 2. The highest BCUT2D eigenvalue weighted by molar-refractivity contribution is 6.35. The minimum absolute atomic E-state index is 0.451. The Morgan fingerprint density at radius 1 is 0.870 bits per heavy atom. The summed E-state index contributed by atoms with van der Waals surface area (Å²) in [5.74, 6) is 1.15. The van der Waals surface area contributed by atoms with Crippen molar-refractivity contribution in [3.8, 4) is 0 Å². The Balaban J connectivity index is 1.87. The molecule has 116 valence electrons. The monoisotopic (exact) mass is 344 g/mol. The van der Waals surface area contributed by atoms with Crippen molar-refractivity contribution in [2.24, 2.45) is 0 Å². The van der Waals surface area contributed by atoms with Crippen molar-refractivity contribution in [2.75, 3.05) is 10.6 Å². The van der Waals surface area contributed by atoms with Crippen LogP contribution in [0.25, 0.3) is 0 Å². The van der Waals surface area contributed by atoms with Crippen molar-refractivity contribution < 1.29 is 0 Å². The predicted octanol–water partition coefficient (Wildman–Crippen LogP) is 5.58. The van der Waals surface area contributed by atoms with Crippen molar-refractivity contribution in [1.82, 2.24) is 9.97 Å². The fourth-order valence-corrected chi connectivity index (χ4v) is 2.41. The molecule has 3 rings (SSSR count). The zero-order valence-electron chi connectivity index (χ0n) is 12.3. The van der Waals surface area contributed by atoms with E-state index in [1.165, 1.54) is 0 Å². The van der Waals surface area contributed by atoms with Crippen LogP contribution in [0.5, 0.6) is 0 Å². The van der Waals surface area contributed by atoms with Gasteiger partial charge in [-0.2, -0.15) is 4.98 Å². The lowest BCUT2D eigenvalue weighted by atomic mass is 10.3. The van der Waals surface area contributed by atoms with Gasteiger partial charge in [0.2, 0.25) is 5.95 Å². The summed E-state index contributed by atoms with van der Waals surface area (Å²) in [5.41, 5.74) is 2.45. The molecular formula is C17H14Cl2N4. The van der Waals surface area contributed by atoms with Gasteiger partial charge in [-0.1, -0.05) is 41.4 Å². The van der Waals surface area contributed by atoms with E-state index in [-0.39, 0.29) is 0 Å². The third-order valence-electron chi connectivity index (χ3n) is 3.08. The average Bonchev–Trinajstić information content (AvgIpc) is 2.51. The average molecular weight is 345 g/mol. The van der Waals surface area contributed by atoms with Crippen LogP contribution in [-0.2, 0) is 0 Å². The Labute approximate surface area is 144 Å². The van der Waals surface area contributed by atoms with Gasteiger partial charge in [0.1, 0.15) is 5.82 Å². The molecule has 0 atom stereocenters. The molecule has 0 aliphatic carbocycles. The maximum Gasteiger partial charge on any atom is 0.229 e. The standard InChI is InChI=1S/C17H14Cl2N4/c1-11-9-16(21-13-5-3-2-4-6-13)23-17(20-11)22-15-10-12(18)7-8-14(15)19/h2-10H,1H3,(H2,20,21,22,23). The second-order valence-corrected chi connectivity index (χ2v) is 5.80. The quantitative estimate of drug-likeness (QED) is 0.648. The summed E-state index contributed by atoms with van der Waals surface area (Å²) >= 11 is 12.2. The smallest absolute Gasteiger partial charge is 0.229 e. The number of hydrogen-bond acceptors (Lipinski definition) is 4. The van der Waals surface area contributed by atoms with Gasteiger partial charge in [-0.3, -0.25) is 0 Å². The summed E-state index contributed by atoms with van der Waals surface area (Å²) in [4.78, 5) is 8.84. The summed E-state index contributed by atoms with van der Waals surface area (Å²) in [5, 5.41) is 7.49. The van der Waals surface area contributed by atoms with E-state index >= 15 is 0 Å². The zero-order chi connectivity index (χ0) is 16.2. The highest BCUT2D eigenvalue weighted by Crippen LogP contribution is 2.28. The molecule has 0 radical (unpaired) electrons. The number of aryl methyl sites for hydroxylation is 1. The SMILES string of the molecule is Cc1cc(Nc2ccccc2)nc(Nc2cc(Cl)ccc2Cl)n1. The van der Waals surface area contributed by atoms with Gasteiger partial charge in [0.15, 0.2) is 0 Å². The molecule has 0 bridgehead atoms. The van der Waals surface area contributed by atoms with Crippen LogP contribution in [0.4, 0.5) is 23.1 Å². The summed E-state index contributed by atoms with van der Waals surface area (Å²) in [6.07, 6.45) is 0. The zero-order valence-corrected chi connectivity index (χ0v) is 13.9. The van der Waals surface area contributed by atoms with Crippen LogP contribution in [0.1, 0.15) is 5.69 Å². The van der Waals surface area contributed by atoms with Gasteiger partial charge in [-0.15, -0.1) is 0 Å². The molecule has 2 N–H and O–H groups in total. The molecule has 0 aliphatic heterocycles. The number of benzene rings is 2. The van der Waals surface area contributed by atoms with Crippen LogP contribution < -0.4 is 10.6 Å². The Bertz CT molecular complexity index is 822. The van der Waals surface area contributed by atoms with E-state index in [1.807, 2.05) is 43.3 Å². The second kappa shape index (κ2) is 6.86. The molecule has 23 heavy (non-hydrogen) atoms. The lowest BCUT2D eigenvalue weighted by Crippen LogP contribution is -2.02. The maximum atomic E-state index is 6.16. The molecule has 1 aromatic heterocycles. The van der Waals surface area contributed by atoms with Crippen molar-refractivity contribution in [2.45, 2.75) is 6.92 Å². The number of rotatable bonds is 4. The van der Waals surface area contributed by atoms with Crippen LogP contribution in [0.2, 0.25) is 10.0 Å². The van der Waals surface area contributed by atoms with E-state index in [1.54, 1.807) is 18.2 Å². The Kier molecular flexibility index (Phi) is 4.65. The Hall–Kier alpha value is -2.30. The van der Waals surface area contributed by atoms with Crippen molar-refractivity contribution in [3.05, 3.63) is 70.3 Å². The first-order chi connectivity index (χ1) is 11.1. The lowest BCUT2D eigenvalue weighted by Gasteiger charge is -2.11. The minimum atomic E-state index is 0.451. The first-order valence-corrected chi connectivity index (χ1v) is 7.75. The summed E-state index contributed by atoms with van der Waals surface area (Å²) in [7, 11) is 0. The molecule has 0 saturated carbocycles. The van der Waals surface area contributed by atoms with Crippen LogP contribution in [0, 0.1) is 6.92 Å². The van der Waals surface area contributed by atoms with Crippen molar-refractivity contribution >= 4 is 46.3 Å². The van der Waals surface area contributed by atoms with E-state index in [0.717, 1.165) is 11.4 Å². The van der Waals surface area contributed by atoms with Crippen LogP contribution in [-0.4, -0.2) is 9.97 Å². The normalized spacial score (nSPS) is 10.4. The molecule has 0 saturated heterocycles. The molecule has 0 unspecified atom stereocenters.